The van der Waals surface area contributed by atoms with Gasteiger partial charge in [-0.2, -0.15) is 4.31 Å². The molecule has 0 saturated carbocycles. The molecule has 0 radical (unpaired) electrons. The number of aryl methyl sites for hydroxylation is 1. The fourth-order valence-corrected chi connectivity index (χ4v) is 5.85. The number of hydrogen-bond acceptors (Lipinski definition) is 5. The van der Waals surface area contributed by atoms with E-state index in [0.717, 1.165) is 31.2 Å². The highest BCUT2D eigenvalue weighted by atomic mass is 32.2. The van der Waals surface area contributed by atoms with Crippen molar-refractivity contribution in [2.24, 2.45) is 0 Å². The molecule has 29 heavy (non-hydrogen) atoms. The predicted octanol–water partition coefficient (Wildman–Crippen LogP) is 3.83. The largest absolute Gasteiger partial charge is 0.325 e. The Morgan fingerprint density at radius 2 is 1.93 bits per heavy atom. The smallest absolute Gasteiger partial charge is 0.243 e. The topological polar surface area (TPSA) is 79.4 Å². The van der Waals surface area contributed by atoms with Crippen molar-refractivity contribution in [1.82, 2.24) is 9.29 Å². The predicted molar refractivity (Wildman–Crippen MR) is 117 cm³/mol. The number of amides is 1. The lowest BCUT2D eigenvalue weighted by molar-refractivity contribution is -0.113. The molecule has 1 aliphatic rings. The van der Waals surface area contributed by atoms with Crippen LogP contribution in [0.25, 0.3) is 0 Å². The summed E-state index contributed by atoms with van der Waals surface area (Å²) in [6, 6.07) is 8.93. The minimum Gasteiger partial charge on any atom is -0.325 e. The van der Waals surface area contributed by atoms with E-state index in [9.17, 15) is 13.2 Å². The molecule has 1 N–H and O–H groups in total. The van der Waals surface area contributed by atoms with Crippen molar-refractivity contribution >= 4 is 33.4 Å². The number of rotatable bonds is 7. The van der Waals surface area contributed by atoms with Crippen LogP contribution in [0.2, 0.25) is 0 Å². The molecule has 8 heteroatoms. The van der Waals surface area contributed by atoms with Crippen LogP contribution < -0.4 is 5.32 Å². The second kappa shape index (κ2) is 10.2. The highest BCUT2D eigenvalue weighted by Gasteiger charge is 2.27. The van der Waals surface area contributed by atoms with Gasteiger partial charge in [0.15, 0.2) is 0 Å². The Kier molecular flexibility index (Phi) is 7.69. The zero-order valence-electron chi connectivity index (χ0n) is 16.6. The number of benzene rings is 1. The molecule has 1 amide bonds. The normalized spacial score (nSPS) is 15.6. The van der Waals surface area contributed by atoms with Crippen molar-refractivity contribution in [3.63, 3.8) is 0 Å². The number of carbonyl (C=O) groups excluding carboxylic acids is 1. The van der Waals surface area contributed by atoms with Crippen molar-refractivity contribution in [2.75, 3.05) is 24.2 Å². The van der Waals surface area contributed by atoms with Crippen LogP contribution in [-0.2, 0) is 20.6 Å². The van der Waals surface area contributed by atoms with E-state index in [4.69, 9.17) is 0 Å². The summed E-state index contributed by atoms with van der Waals surface area (Å²) in [4.78, 5) is 16.6. The Labute approximate surface area is 177 Å². The van der Waals surface area contributed by atoms with Gasteiger partial charge in [0, 0.05) is 36.9 Å². The van der Waals surface area contributed by atoms with Crippen molar-refractivity contribution in [1.29, 1.82) is 0 Å². The molecule has 0 unspecified atom stereocenters. The molecule has 0 bridgehead atoms. The summed E-state index contributed by atoms with van der Waals surface area (Å²) in [7, 11) is -3.56. The highest BCUT2D eigenvalue weighted by Crippen LogP contribution is 2.26. The standard InChI is InChI=1S/C21H27N3O3S2/c1-17-8-9-19(23-21(25)16-28-15-18-7-6-10-22-14-18)13-20(17)29(26,27)24-11-4-2-3-5-12-24/h6-10,13-14H,2-5,11-12,15-16H2,1H3,(H,23,25). The number of nitrogens with zero attached hydrogens (tertiary/aromatic N) is 2. The van der Waals surface area contributed by atoms with E-state index in [1.54, 1.807) is 41.8 Å². The Balaban J connectivity index is 1.64. The Bertz CT molecular complexity index is 925. The van der Waals surface area contributed by atoms with Gasteiger partial charge >= 0.3 is 0 Å². The second-order valence-corrected chi connectivity index (χ2v) is 10.1. The summed E-state index contributed by atoms with van der Waals surface area (Å²) >= 11 is 1.49. The maximum absolute atomic E-state index is 13.1. The van der Waals surface area contributed by atoms with E-state index in [1.807, 2.05) is 12.1 Å². The number of aromatic nitrogens is 1. The molecule has 0 aliphatic carbocycles. The SMILES string of the molecule is Cc1ccc(NC(=O)CSCc2cccnc2)cc1S(=O)(=O)N1CCCCCC1. The first kappa shape index (κ1) is 21.8. The first-order valence-corrected chi connectivity index (χ1v) is 12.4. The number of nitrogens with one attached hydrogen (secondary N) is 1. The minimum atomic E-state index is -3.56. The molecule has 0 spiro atoms. The van der Waals surface area contributed by atoms with Gasteiger partial charge in [-0.25, -0.2) is 8.42 Å². The fourth-order valence-electron chi connectivity index (χ4n) is 3.32. The van der Waals surface area contributed by atoms with E-state index in [1.165, 1.54) is 11.8 Å². The molecule has 6 nitrogen and oxygen atoms in total. The number of hydrogen-bond donors (Lipinski definition) is 1. The number of thioether (sulfide) groups is 1. The summed E-state index contributed by atoms with van der Waals surface area (Å²) < 4.78 is 27.8. The lowest BCUT2D eigenvalue weighted by Gasteiger charge is -2.21. The molecule has 1 saturated heterocycles. The van der Waals surface area contributed by atoms with E-state index in [-0.39, 0.29) is 16.6 Å². The minimum absolute atomic E-state index is 0.152. The van der Waals surface area contributed by atoms with Crippen molar-refractivity contribution in [3.8, 4) is 0 Å². The first-order valence-electron chi connectivity index (χ1n) is 9.84. The summed E-state index contributed by atoms with van der Waals surface area (Å²) in [5.74, 6) is 0.835. The third-order valence-corrected chi connectivity index (χ3v) is 7.92. The number of carbonyl (C=O) groups is 1. The van der Waals surface area contributed by atoms with Crippen LogP contribution in [0.3, 0.4) is 0 Å². The van der Waals surface area contributed by atoms with Crippen molar-refractivity contribution in [2.45, 2.75) is 43.3 Å². The number of sulfonamides is 1. The molecule has 1 aromatic carbocycles. The van der Waals surface area contributed by atoms with E-state index >= 15 is 0 Å². The molecule has 0 atom stereocenters. The molecule has 156 valence electrons. The number of pyridine rings is 1. The van der Waals surface area contributed by atoms with E-state index in [2.05, 4.69) is 10.3 Å². The molecule has 1 aromatic heterocycles. The van der Waals surface area contributed by atoms with Gasteiger partial charge < -0.3 is 5.32 Å². The Hall–Kier alpha value is -1.90. The van der Waals surface area contributed by atoms with Gasteiger partial charge in [-0.15, -0.1) is 11.8 Å². The number of anilines is 1. The van der Waals surface area contributed by atoms with Crippen molar-refractivity contribution in [3.05, 3.63) is 53.9 Å². The van der Waals surface area contributed by atoms with Crippen LogP contribution in [0.5, 0.6) is 0 Å². The van der Waals surface area contributed by atoms with E-state index < -0.39 is 10.0 Å². The van der Waals surface area contributed by atoms with Crippen LogP contribution in [-0.4, -0.2) is 42.5 Å². The lowest BCUT2D eigenvalue weighted by Crippen LogP contribution is -2.32. The average Bonchev–Trinajstić information content (AvgIpc) is 3.00. The molecule has 3 rings (SSSR count). The van der Waals surface area contributed by atoms with Gasteiger partial charge in [0.1, 0.15) is 0 Å². The first-order chi connectivity index (χ1) is 14.0. The van der Waals surface area contributed by atoms with Crippen LogP contribution >= 0.6 is 11.8 Å². The average molecular weight is 434 g/mol. The quantitative estimate of drug-likeness (QED) is 0.718. The van der Waals surface area contributed by atoms with Crippen LogP contribution in [0, 0.1) is 6.92 Å². The maximum Gasteiger partial charge on any atom is 0.243 e. The van der Waals surface area contributed by atoms with Gasteiger partial charge in [-0.3, -0.25) is 9.78 Å². The lowest BCUT2D eigenvalue weighted by atomic mass is 10.2. The summed E-state index contributed by atoms with van der Waals surface area (Å²) in [5, 5.41) is 2.82. The molecule has 1 aliphatic heterocycles. The summed E-state index contributed by atoms with van der Waals surface area (Å²) in [5.41, 5.74) is 2.26. The van der Waals surface area contributed by atoms with Gasteiger partial charge in [0.25, 0.3) is 0 Å². The summed E-state index contributed by atoms with van der Waals surface area (Å²) in [6.45, 7) is 2.91. The maximum atomic E-state index is 13.1. The van der Waals surface area contributed by atoms with Gasteiger partial charge in [0.2, 0.25) is 15.9 Å². The van der Waals surface area contributed by atoms with Gasteiger partial charge in [-0.05, 0) is 49.1 Å². The third-order valence-electron chi connectivity index (χ3n) is 4.88. The Morgan fingerprint density at radius 3 is 2.62 bits per heavy atom. The molecule has 1 fully saturated rings. The van der Waals surface area contributed by atoms with Crippen LogP contribution in [0.4, 0.5) is 5.69 Å². The molecular weight excluding hydrogens is 406 g/mol. The molecule has 2 aromatic rings. The molecular formula is C21H27N3O3S2. The summed E-state index contributed by atoms with van der Waals surface area (Å²) in [6.07, 6.45) is 7.42. The second-order valence-electron chi connectivity index (χ2n) is 7.20. The molecule has 2 heterocycles. The monoisotopic (exact) mass is 433 g/mol. The van der Waals surface area contributed by atoms with E-state index in [0.29, 0.717) is 30.1 Å². The Morgan fingerprint density at radius 1 is 1.17 bits per heavy atom. The zero-order chi connectivity index (χ0) is 20.7. The van der Waals surface area contributed by atoms with Crippen LogP contribution in [0.15, 0.2) is 47.6 Å². The van der Waals surface area contributed by atoms with Gasteiger partial charge in [-0.1, -0.05) is 25.0 Å². The zero-order valence-corrected chi connectivity index (χ0v) is 18.3. The fraction of sp³-hybridized carbons (Fsp3) is 0.429. The third kappa shape index (κ3) is 6.04. The van der Waals surface area contributed by atoms with Crippen LogP contribution in [0.1, 0.15) is 36.8 Å². The van der Waals surface area contributed by atoms with Gasteiger partial charge in [0.05, 0.1) is 10.6 Å². The highest BCUT2D eigenvalue weighted by molar-refractivity contribution is 7.99. The van der Waals surface area contributed by atoms with Crippen molar-refractivity contribution < 1.29 is 13.2 Å².